The Morgan fingerprint density at radius 1 is 1.16 bits per heavy atom. The van der Waals surface area contributed by atoms with E-state index in [9.17, 15) is 4.39 Å². The van der Waals surface area contributed by atoms with Crippen molar-refractivity contribution in [3.8, 4) is 0 Å². The summed E-state index contributed by atoms with van der Waals surface area (Å²) in [6, 6.07) is 12.6. The van der Waals surface area contributed by atoms with Crippen LogP contribution in [0, 0.1) is 12.7 Å². The van der Waals surface area contributed by atoms with Crippen LogP contribution in [-0.2, 0) is 0 Å². The first-order chi connectivity index (χ1) is 9.10. The Bertz CT molecular complexity index is 601. The van der Waals surface area contributed by atoms with E-state index in [1.807, 2.05) is 37.3 Å². The van der Waals surface area contributed by atoms with Crippen molar-refractivity contribution in [2.75, 3.05) is 5.88 Å². The van der Waals surface area contributed by atoms with E-state index in [-0.39, 0.29) is 11.7 Å². The van der Waals surface area contributed by atoms with Crippen LogP contribution in [0.25, 0.3) is 11.6 Å². The predicted octanol–water partition coefficient (Wildman–Crippen LogP) is 5.57. The van der Waals surface area contributed by atoms with E-state index in [1.54, 1.807) is 12.1 Å². The first-order valence-corrected chi connectivity index (χ1v) is 6.80. The van der Waals surface area contributed by atoms with Crippen LogP contribution >= 0.6 is 23.2 Å². The van der Waals surface area contributed by atoms with Gasteiger partial charge in [-0.05, 0) is 36.3 Å². The molecule has 2 rings (SSSR count). The first-order valence-electron chi connectivity index (χ1n) is 5.89. The summed E-state index contributed by atoms with van der Waals surface area (Å²) in [6.45, 7) is 2.02. The van der Waals surface area contributed by atoms with Crippen LogP contribution in [-0.4, -0.2) is 5.88 Å². The van der Waals surface area contributed by atoms with E-state index in [0.717, 1.165) is 11.1 Å². The van der Waals surface area contributed by atoms with Crippen molar-refractivity contribution in [3.05, 3.63) is 70.0 Å². The van der Waals surface area contributed by atoms with Crippen LogP contribution in [0.5, 0.6) is 0 Å². The van der Waals surface area contributed by atoms with Crippen LogP contribution in [0.1, 0.15) is 16.7 Å². The van der Waals surface area contributed by atoms with E-state index in [0.29, 0.717) is 10.6 Å². The highest BCUT2D eigenvalue weighted by Gasteiger charge is 2.08. The van der Waals surface area contributed by atoms with Gasteiger partial charge in [-0.3, -0.25) is 0 Å². The van der Waals surface area contributed by atoms with Gasteiger partial charge in [0.05, 0.1) is 0 Å². The lowest BCUT2D eigenvalue weighted by Gasteiger charge is -2.07. The Hall–Kier alpha value is -1.31. The molecule has 0 heterocycles. The van der Waals surface area contributed by atoms with Crippen LogP contribution in [0.2, 0.25) is 5.02 Å². The van der Waals surface area contributed by atoms with Crippen molar-refractivity contribution in [2.24, 2.45) is 0 Å². The molecule has 0 aliphatic rings. The summed E-state index contributed by atoms with van der Waals surface area (Å²) in [4.78, 5) is 0. The Balaban J connectivity index is 2.41. The van der Waals surface area contributed by atoms with E-state index >= 15 is 0 Å². The van der Waals surface area contributed by atoms with Gasteiger partial charge in [0, 0.05) is 16.5 Å². The number of halogens is 3. The fourth-order valence-corrected chi connectivity index (χ4v) is 2.18. The Morgan fingerprint density at radius 2 is 1.84 bits per heavy atom. The predicted molar refractivity (Wildman–Crippen MR) is 81.2 cm³/mol. The highest BCUT2D eigenvalue weighted by molar-refractivity contribution is 6.30. The normalized spacial score (nSPS) is 11.7. The standard InChI is InChI=1S/C16H13Cl2F/c1-11-2-4-12(5-3-11)8-13(10-17)15-7-6-14(18)9-16(15)19/h2-9H,10H2,1H3. The Labute approximate surface area is 122 Å². The van der Waals surface area contributed by atoms with E-state index in [2.05, 4.69) is 0 Å². The largest absolute Gasteiger partial charge is 0.206 e. The van der Waals surface area contributed by atoms with Crippen molar-refractivity contribution >= 4 is 34.9 Å². The summed E-state index contributed by atoms with van der Waals surface area (Å²) in [5.41, 5.74) is 3.40. The van der Waals surface area contributed by atoms with Gasteiger partial charge in [-0.25, -0.2) is 4.39 Å². The molecule has 2 aromatic carbocycles. The summed E-state index contributed by atoms with van der Waals surface area (Å²) in [5.74, 6) is -0.113. The van der Waals surface area contributed by atoms with Gasteiger partial charge in [-0.15, -0.1) is 11.6 Å². The minimum atomic E-state index is -0.355. The van der Waals surface area contributed by atoms with Gasteiger partial charge < -0.3 is 0 Å². The summed E-state index contributed by atoms with van der Waals surface area (Å²) >= 11 is 11.7. The maximum Gasteiger partial charge on any atom is 0.132 e. The third kappa shape index (κ3) is 3.59. The number of hydrogen-bond acceptors (Lipinski definition) is 0. The lowest BCUT2D eigenvalue weighted by atomic mass is 10.0. The molecule has 2 aromatic rings. The zero-order valence-electron chi connectivity index (χ0n) is 10.5. The minimum Gasteiger partial charge on any atom is -0.206 e. The molecule has 19 heavy (non-hydrogen) atoms. The molecule has 0 amide bonds. The summed E-state index contributed by atoms with van der Waals surface area (Å²) < 4.78 is 13.9. The molecule has 0 aliphatic carbocycles. The molecule has 0 nitrogen and oxygen atoms in total. The van der Waals surface area contributed by atoms with Gasteiger partial charge in [0.15, 0.2) is 0 Å². The smallest absolute Gasteiger partial charge is 0.132 e. The Kier molecular flexibility index (Phi) is 4.62. The topological polar surface area (TPSA) is 0 Å². The van der Waals surface area contributed by atoms with E-state index in [4.69, 9.17) is 23.2 Å². The molecular weight excluding hydrogens is 282 g/mol. The molecule has 0 unspecified atom stereocenters. The number of alkyl halides is 1. The third-order valence-electron chi connectivity index (χ3n) is 2.84. The van der Waals surface area contributed by atoms with Crippen molar-refractivity contribution in [2.45, 2.75) is 6.92 Å². The molecule has 0 bridgehead atoms. The molecule has 0 spiro atoms. The summed E-state index contributed by atoms with van der Waals surface area (Å²) in [5, 5.41) is 0.380. The van der Waals surface area contributed by atoms with Gasteiger partial charge in [0.25, 0.3) is 0 Å². The number of rotatable bonds is 3. The number of benzene rings is 2. The number of hydrogen-bond donors (Lipinski definition) is 0. The molecule has 0 aliphatic heterocycles. The van der Waals surface area contributed by atoms with Crippen molar-refractivity contribution < 1.29 is 4.39 Å². The van der Waals surface area contributed by atoms with Crippen molar-refractivity contribution in [1.82, 2.24) is 0 Å². The molecule has 0 radical (unpaired) electrons. The quantitative estimate of drug-likeness (QED) is 0.513. The highest BCUT2D eigenvalue weighted by Crippen LogP contribution is 2.25. The van der Waals surface area contributed by atoms with E-state index < -0.39 is 0 Å². The zero-order chi connectivity index (χ0) is 13.8. The fraction of sp³-hybridized carbons (Fsp3) is 0.125. The molecule has 3 heteroatoms. The van der Waals surface area contributed by atoms with Gasteiger partial charge in [0.2, 0.25) is 0 Å². The zero-order valence-corrected chi connectivity index (χ0v) is 12.0. The molecular formula is C16H13Cl2F. The van der Waals surface area contributed by atoms with Crippen LogP contribution in [0.15, 0.2) is 42.5 Å². The van der Waals surface area contributed by atoms with Gasteiger partial charge >= 0.3 is 0 Å². The molecule has 0 N–H and O–H groups in total. The van der Waals surface area contributed by atoms with Gasteiger partial charge in [0.1, 0.15) is 5.82 Å². The fourth-order valence-electron chi connectivity index (χ4n) is 1.80. The van der Waals surface area contributed by atoms with Gasteiger partial charge in [-0.1, -0.05) is 47.5 Å². The lowest BCUT2D eigenvalue weighted by molar-refractivity contribution is 0.624. The van der Waals surface area contributed by atoms with Crippen LogP contribution in [0.4, 0.5) is 4.39 Å². The molecule has 0 saturated carbocycles. The second kappa shape index (κ2) is 6.23. The average molecular weight is 295 g/mol. The monoisotopic (exact) mass is 294 g/mol. The SMILES string of the molecule is Cc1ccc(C=C(CCl)c2ccc(Cl)cc2F)cc1. The van der Waals surface area contributed by atoms with E-state index in [1.165, 1.54) is 11.6 Å². The average Bonchev–Trinajstić information content (AvgIpc) is 2.39. The number of allylic oxidation sites excluding steroid dienone is 1. The molecule has 0 fully saturated rings. The highest BCUT2D eigenvalue weighted by atomic mass is 35.5. The number of aryl methyl sites for hydroxylation is 1. The first kappa shape index (κ1) is 14.1. The lowest BCUT2D eigenvalue weighted by Crippen LogP contribution is -1.91. The second-order valence-corrected chi connectivity index (χ2v) is 5.04. The maximum atomic E-state index is 13.9. The minimum absolute atomic E-state index is 0.242. The van der Waals surface area contributed by atoms with Crippen LogP contribution in [0.3, 0.4) is 0 Å². The molecule has 0 atom stereocenters. The second-order valence-electron chi connectivity index (χ2n) is 4.34. The summed E-state index contributed by atoms with van der Waals surface area (Å²) in [6.07, 6.45) is 1.89. The molecule has 0 aromatic heterocycles. The Morgan fingerprint density at radius 3 is 2.42 bits per heavy atom. The third-order valence-corrected chi connectivity index (χ3v) is 3.36. The van der Waals surface area contributed by atoms with Crippen molar-refractivity contribution in [3.63, 3.8) is 0 Å². The molecule has 98 valence electrons. The van der Waals surface area contributed by atoms with Gasteiger partial charge in [-0.2, -0.15) is 0 Å². The summed E-state index contributed by atoms with van der Waals surface area (Å²) in [7, 11) is 0. The maximum absolute atomic E-state index is 13.9. The van der Waals surface area contributed by atoms with Crippen LogP contribution < -0.4 is 0 Å². The van der Waals surface area contributed by atoms with Crippen molar-refractivity contribution in [1.29, 1.82) is 0 Å². The molecule has 0 saturated heterocycles.